The van der Waals surface area contributed by atoms with Gasteiger partial charge in [0.05, 0.1) is 11.3 Å². The van der Waals surface area contributed by atoms with Crippen LogP contribution in [-0.2, 0) is 9.84 Å². The number of carbonyl (C=O) groups is 1. The smallest absolute Gasteiger partial charge is 0.257 e. The fourth-order valence-electron chi connectivity index (χ4n) is 2.17. The standard InChI is InChI=1S/C18H23N3O3S/c1-13-4-7-16(8-5-13)21-18(22)15-6-9-17(19-12-15)20-14(2)10-11-25(3,23)24/h4-9,12,14H,10-11H2,1-3H3,(H,19,20)(H,21,22). The molecule has 0 spiro atoms. The molecule has 0 aliphatic rings. The number of sulfone groups is 1. The van der Waals surface area contributed by atoms with Gasteiger partial charge in [-0.3, -0.25) is 4.79 Å². The number of anilines is 2. The Morgan fingerprint density at radius 2 is 1.84 bits per heavy atom. The van der Waals surface area contributed by atoms with Gasteiger partial charge in [-0.15, -0.1) is 0 Å². The largest absolute Gasteiger partial charge is 0.368 e. The Morgan fingerprint density at radius 3 is 2.40 bits per heavy atom. The highest BCUT2D eigenvalue weighted by atomic mass is 32.2. The molecule has 0 aliphatic carbocycles. The van der Waals surface area contributed by atoms with Crippen molar-refractivity contribution < 1.29 is 13.2 Å². The lowest BCUT2D eigenvalue weighted by atomic mass is 10.2. The molecule has 2 aromatic rings. The van der Waals surface area contributed by atoms with Gasteiger partial charge in [-0.05, 0) is 44.5 Å². The fraction of sp³-hybridized carbons (Fsp3) is 0.333. The Kier molecular flexibility index (Phi) is 6.14. The summed E-state index contributed by atoms with van der Waals surface area (Å²) in [6.07, 6.45) is 3.21. The van der Waals surface area contributed by atoms with E-state index in [0.29, 0.717) is 17.8 Å². The summed E-state index contributed by atoms with van der Waals surface area (Å²) in [6, 6.07) is 10.9. The van der Waals surface area contributed by atoms with Crippen molar-refractivity contribution in [2.24, 2.45) is 0 Å². The van der Waals surface area contributed by atoms with Gasteiger partial charge in [0.15, 0.2) is 0 Å². The molecule has 2 N–H and O–H groups in total. The van der Waals surface area contributed by atoms with Gasteiger partial charge in [-0.25, -0.2) is 13.4 Å². The number of aromatic nitrogens is 1. The van der Waals surface area contributed by atoms with Gasteiger partial charge in [0.1, 0.15) is 15.7 Å². The van der Waals surface area contributed by atoms with E-state index in [9.17, 15) is 13.2 Å². The van der Waals surface area contributed by atoms with Crippen LogP contribution in [0.1, 0.15) is 29.3 Å². The van der Waals surface area contributed by atoms with Crippen molar-refractivity contribution in [1.82, 2.24) is 4.98 Å². The topological polar surface area (TPSA) is 88.2 Å². The molecule has 25 heavy (non-hydrogen) atoms. The highest BCUT2D eigenvalue weighted by molar-refractivity contribution is 7.90. The van der Waals surface area contributed by atoms with Crippen LogP contribution in [0.4, 0.5) is 11.5 Å². The molecule has 0 saturated carbocycles. The summed E-state index contributed by atoms with van der Waals surface area (Å²) in [5, 5.41) is 5.95. The fourth-order valence-corrected chi connectivity index (χ4v) is 2.95. The minimum Gasteiger partial charge on any atom is -0.368 e. The van der Waals surface area contributed by atoms with Crippen LogP contribution in [-0.4, -0.2) is 37.4 Å². The number of nitrogens with one attached hydrogen (secondary N) is 2. The number of amides is 1. The highest BCUT2D eigenvalue weighted by Gasteiger charge is 2.10. The van der Waals surface area contributed by atoms with E-state index in [1.54, 1.807) is 12.1 Å². The molecule has 1 aromatic heterocycles. The van der Waals surface area contributed by atoms with Crippen molar-refractivity contribution in [3.8, 4) is 0 Å². The van der Waals surface area contributed by atoms with Crippen molar-refractivity contribution in [3.05, 3.63) is 53.7 Å². The lowest BCUT2D eigenvalue weighted by molar-refractivity contribution is 0.102. The van der Waals surface area contributed by atoms with Crippen LogP contribution in [0.15, 0.2) is 42.6 Å². The van der Waals surface area contributed by atoms with E-state index in [-0.39, 0.29) is 17.7 Å². The predicted molar refractivity (Wildman–Crippen MR) is 101 cm³/mol. The molecule has 0 radical (unpaired) electrons. The second kappa shape index (κ2) is 8.11. The zero-order valence-electron chi connectivity index (χ0n) is 14.6. The quantitative estimate of drug-likeness (QED) is 0.792. The molecule has 0 fully saturated rings. The maximum atomic E-state index is 12.2. The first-order valence-corrected chi connectivity index (χ1v) is 10.1. The first-order chi connectivity index (χ1) is 11.7. The third-order valence-corrected chi connectivity index (χ3v) is 4.63. The molecular weight excluding hydrogens is 338 g/mol. The number of nitrogens with zero attached hydrogens (tertiary/aromatic N) is 1. The minimum absolute atomic E-state index is 0.0329. The Labute approximate surface area is 148 Å². The van der Waals surface area contributed by atoms with Crippen LogP contribution in [0.2, 0.25) is 0 Å². The molecule has 1 heterocycles. The number of hydrogen-bond donors (Lipinski definition) is 2. The molecular formula is C18H23N3O3S. The first kappa shape index (κ1) is 18.9. The summed E-state index contributed by atoms with van der Waals surface area (Å²) in [4.78, 5) is 16.4. The molecule has 1 amide bonds. The molecule has 7 heteroatoms. The minimum atomic E-state index is -2.98. The summed E-state index contributed by atoms with van der Waals surface area (Å²) in [6.45, 7) is 3.88. The zero-order valence-corrected chi connectivity index (χ0v) is 15.4. The number of aryl methyl sites for hydroxylation is 1. The van der Waals surface area contributed by atoms with Crippen molar-refractivity contribution in [1.29, 1.82) is 0 Å². The van der Waals surface area contributed by atoms with E-state index in [1.165, 1.54) is 12.5 Å². The van der Waals surface area contributed by atoms with Crippen LogP contribution < -0.4 is 10.6 Å². The predicted octanol–water partition coefficient (Wildman–Crippen LogP) is 2.88. The van der Waals surface area contributed by atoms with Gasteiger partial charge in [-0.1, -0.05) is 17.7 Å². The molecule has 0 saturated heterocycles. The number of rotatable bonds is 7. The third kappa shape index (κ3) is 6.54. The normalized spacial score (nSPS) is 12.4. The van der Waals surface area contributed by atoms with Crippen LogP contribution in [0.25, 0.3) is 0 Å². The molecule has 6 nitrogen and oxygen atoms in total. The maximum Gasteiger partial charge on any atom is 0.257 e. The lowest BCUT2D eigenvalue weighted by Crippen LogP contribution is -2.20. The summed E-state index contributed by atoms with van der Waals surface area (Å²) >= 11 is 0. The van der Waals surface area contributed by atoms with Gasteiger partial charge < -0.3 is 10.6 Å². The number of carbonyl (C=O) groups excluding carboxylic acids is 1. The summed E-state index contributed by atoms with van der Waals surface area (Å²) in [5.41, 5.74) is 2.31. The average molecular weight is 361 g/mol. The highest BCUT2D eigenvalue weighted by Crippen LogP contribution is 2.12. The molecule has 1 unspecified atom stereocenters. The monoisotopic (exact) mass is 361 g/mol. The van der Waals surface area contributed by atoms with E-state index in [4.69, 9.17) is 0 Å². The van der Waals surface area contributed by atoms with Crippen LogP contribution >= 0.6 is 0 Å². The van der Waals surface area contributed by atoms with Crippen molar-refractivity contribution >= 4 is 27.2 Å². The molecule has 0 aliphatic heterocycles. The van der Waals surface area contributed by atoms with Gasteiger partial charge in [0.2, 0.25) is 0 Å². The molecule has 134 valence electrons. The molecule has 1 aromatic carbocycles. The van der Waals surface area contributed by atoms with E-state index in [1.807, 2.05) is 38.1 Å². The average Bonchev–Trinajstić information content (AvgIpc) is 2.55. The Bertz CT molecular complexity index is 816. The van der Waals surface area contributed by atoms with E-state index in [0.717, 1.165) is 11.3 Å². The second-order valence-corrected chi connectivity index (χ2v) is 8.48. The lowest BCUT2D eigenvalue weighted by Gasteiger charge is -2.14. The molecule has 1 atom stereocenters. The second-order valence-electron chi connectivity index (χ2n) is 6.22. The molecule has 2 rings (SSSR count). The first-order valence-electron chi connectivity index (χ1n) is 8.01. The third-order valence-electron chi connectivity index (χ3n) is 3.65. The van der Waals surface area contributed by atoms with Crippen molar-refractivity contribution in [2.45, 2.75) is 26.3 Å². The van der Waals surface area contributed by atoms with Crippen LogP contribution in [0, 0.1) is 6.92 Å². The summed E-state index contributed by atoms with van der Waals surface area (Å²) in [7, 11) is -2.98. The number of hydrogen-bond acceptors (Lipinski definition) is 5. The van der Waals surface area contributed by atoms with Gasteiger partial charge >= 0.3 is 0 Å². The van der Waals surface area contributed by atoms with Gasteiger partial charge in [0.25, 0.3) is 5.91 Å². The Morgan fingerprint density at radius 1 is 1.16 bits per heavy atom. The molecule has 0 bridgehead atoms. The van der Waals surface area contributed by atoms with Gasteiger partial charge in [-0.2, -0.15) is 0 Å². The summed E-state index contributed by atoms with van der Waals surface area (Å²) < 4.78 is 22.4. The van der Waals surface area contributed by atoms with Crippen molar-refractivity contribution in [2.75, 3.05) is 22.6 Å². The van der Waals surface area contributed by atoms with E-state index >= 15 is 0 Å². The Balaban J connectivity index is 1.92. The van der Waals surface area contributed by atoms with Crippen LogP contribution in [0.3, 0.4) is 0 Å². The maximum absolute atomic E-state index is 12.2. The number of pyridine rings is 1. The van der Waals surface area contributed by atoms with Crippen LogP contribution in [0.5, 0.6) is 0 Å². The Hall–Kier alpha value is -2.41. The summed E-state index contributed by atoms with van der Waals surface area (Å²) in [5.74, 6) is 0.499. The van der Waals surface area contributed by atoms with Gasteiger partial charge in [0, 0.05) is 24.2 Å². The van der Waals surface area contributed by atoms with E-state index < -0.39 is 9.84 Å². The van der Waals surface area contributed by atoms with Crippen molar-refractivity contribution in [3.63, 3.8) is 0 Å². The zero-order chi connectivity index (χ0) is 18.4. The van der Waals surface area contributed by atoms with E-state index in [2.05, 4.69) is 15.6 Å². The number of benzene rings is 1. The SMILES string of the molecule is Cc1ccc(NC(=O)c2ccc(NC(C)CCS(C)(=O)=O)nc2)cc1.